The molecule has 0 radical (unpaired) electrons. The number of hydrogen-bond acceptors (Lipinski definition) is 3. The Morgan fingerprint density at radius 2 is 1.94 bits per heavy atom. The van der Waals surface area contributed by atoms with E-state index in [4.69, 9.17) is 5.26 Å². The van der Waals surface area contributed by atoms with Crippen LogP contribution in [0.25, 0.3) is 0 Å². The van der Waals surface area contributed by atoms with Crippen molar-refractivity contribution in [1.82, 2.24) is 0 Å². The first-order chi connectivity index (χ1) is 7.86. The maximum atomic E-state index is 9.92. The molecule has 1 aromatic rings. The monoisotopic (exact) mass is 249 g/mol. The molecule has 2 atom stereocenters. The highest BCUT2D eigenvalue weighted by molar-refractivity contribution is 6.88. The Labute approximate surface area is 103 Å². The second-order valence-corrected chi connectivity index (χ2v) is 10.3. The molecule has 0 aromatic heterocycles. The first-order valence-electron chi connectivity index (χ1n) is 5.70. The van der Waals surface area contributed by atoms with Gasteiger partial charge >= 0.3 is 0 Å². The van der Waals surface area contributed by atoms with Crippen LogP contribution in [0, 0.1) is 11.3 Å². The van der Waals surface area contributed by atoms with Gasteiger partial charge in [0.05, 0.1) is 26.7 Å². The van der Waals surface area contributed by atoms with Gasteiger partial charge in [0.2, 0.25) is 0 Å². The second-order valence-electron chi connectivity index (χ2n) is 5.25. The van der Waals surface area contributed by atoms with Gasteiger partial charge in [-0.05, 0) is 5.56 Å². The minimum atomic E-state index is -1.42. The van der Waals surface area contributed by atoms with E-state index in [1.807, 2.05) is 18.2 Å². The van der Waals surface area contributed by atoms with E-state index in [0.717, 1.165) is 0 Å². The molecule has 0 aliphatic rings. The van der Waals surface area contributed by atoms with Crippen LogP contribution in [0.2, 0.25) is 19.6 Å². The number of aliphatic hydroxyl groups is 2. The summed E-state index contributed by atoms with van der Waals surface area (Å²) in [6, 6.07) is 9.54. The summed E-state index contributed by atoms with van der Waals surface area (Å²) in [6.45, 7) is 6.68. The van der Waals surface area contributed by atoms with E-state index < -0.39 is 20.3 Å². The Hall–Kier alpha value is -1.15. The molecule has 0 heterocycles. The standard InChI is InChI=1S/C13H19NO2Si/c1-17(2,3)11-6-4-5-10(9-11)13(16)12(15)7-8-14/h4-6,9,12-13,15-16H,7H2,1-3H3. The van der Waals surface area contributed by atoms with Crippen molar-refractivity contribution in [1.29, 1.82) is 5.26 Å². The summed E-state index contributed by atoms with van der Waals surface area (Å²) < 4.78 is 0. The fourth-order valence-electron chi connectivity index (χ4n) is 1.62. The third-order valence-corrected chi connectivity index (χ3v) is 4.80. The van der Waals surface area contributed by atoms with Crippen molar-refractivity contribution in [3.63, 3.8) is 0 Å². The van der Waals surface area contributed by atoms with E-state index in [2.05, 4.69) is 25.7 Å². The molecule has 4 heteroatoms. The molecule has 2 N–H and O–H groups in total. The largest absolute Gasteiger partial charge is 0.389 e. The van der Waals surface area contributed by atoms with Gasteiger partial charge in [0.1, 0.15) is 6.10 Å². The highest BCUT2D eigenvalue weighted by Gasteiger charge is 2.21. The summed E-state index contributed by atoms with van der Waals surface area (Å²) in [5.41, 5.74) is 0.688. The molecule has 0 amide bonds. The Balaban J connectivity index is 2.96. The molecule has 0 aliphatic carbocycles. The van der Waals surface area contributed by atoms with Gasteiger partial charge in [0, 0.05) is 0 Å². The summed E-state index contributed by atoms with van der Waals surface area (Å²) in [6.07, 6.45) is -2.05. The Morgan fingerprint density at radius 3 is 2.47 bits per heavy atom. The average molecular weight is 249 g/mol. The molecule has 92 valence electrons. The lowest BCUT2D eigenvalue weighted by molar-refractivity contribution is 0.0217. The zero-order valence-electron chi connectivity index (χ0n) is 10.5. The van der Waals surface area contributed by atoms with Gasteiger partial charge in [-0.1, -0.05) is 49.1 Å². The van der Waals surface area contributed by atoms with E-state index in [1.165, 1.54) is 5.19 Å². The number of aliphatic hydroxyl groups excluding tert-OH is 2. The van der Waals surface area contributed by atoms with E-state index in [1.54, 1.807) is 6.07 Å². The van der Waals surface area contributed by atoms with Gasteiger partial charge in [-0.25, -0.2) is 0 Å². The number of nitriles is 1. The maximum Gasteiger partial charge on any atom is 0.106 e. The summed E-state index contributed by atoms with van der Waals surface area (Å²) in [5, 5.41) is 29.3. The lowest BCUT2D eigenvalue weighted by Crippen LogP contribution is -2.38. The van der Waals surface area contributed by atoms with Crippen LogP contribution < -0.4 is 5.19 Å². The third-order valence-electron chi connectivity index (χ3n) is 2.76. The molecule has 17 heavy (non-hydrogen) atoms. The molecular formula is C13H19NO2Si. The predicted molar refractivity (Wildman–Crippen MR) is 70.6 cm³/mol. The van der Waals surface area contributed by atoms with Crippen molar-refractivity contribution in [2.45, 2.75) is 38.3 Å². The first-order valence-corrected chi connectivity index (χ1v) is 9.20. The summed E-state index contributed by atoms with van der Waals surface area (Å²) >= 11 is 0. The van der Waals surface area contributed by atoms with E-state index in [-0.39, 0.29) is 6.42 Å². The summed E-state index contributed by atoms with van der Waals surface area (Å²) in [7, 11) is -1.42. The third kappa shape index (κ3) is 3.67. The Morgan fingerprint density at radius 1 is 1.29 bits per heavy atom. The molecule has 2 unspecified atom stereocenters. The van der Waals surface area contributed by atoms with Gasteiger partial charge in [-0.2, -0.15) is 5.26 Å². The van der Waals surface area contributed by atoms with Crippen LogP contribution >= 0.6 is 0 Å². The lowest BCUT2D eigenvalue weighted by Gasteiger charge is -2.20. The van der Waals surface area contributed by atoms with Crippen molar-refractivity contribution in [2.24, 2.45) is 0 Å². The quantitative estimate of drug-likeness (QED) is 0.796. The Bertz CT molecular complexity index is 420. The van der Waals surface area contributed by atoms with Crippen LogP contribution in [0.1, 0.15) is 18.1 Å². The molecule has 0 saturated carbocycles. The van der Waals surface area contributed by atoms with Crippen LogP contribution in [0.3, 0.4) is 0 Å². The second kappa shape index (κ2) is 5.45. The SMILES string of the molecule is C[Si](C)(C)c1cccc(C(O)C(O)CC#N)c1. The minimum Gasteiger partial charge on any atom is -0.389 e. The van der Waals surface area contributed by atoms with Crippen LogP contribution in [-0.2, 0) is 0 Å². The first kappa shape index (κ1) is 13.9. The minimum absolute atomic E-state index is 0.0572. The van der Waals surface area contributed by atoms with Crippen LogP contribution in [0.15, 0.2) is 24.3 Å². The fourth-order valence-corrected chi connectivity index (χ4v) is 2.81. The Kier molecular flexibility index (Phi) is 4.46. The van der Waals surface area contributed by atoms with E-state index >= 15 is 0 Å². The van der Waals surface area contributed by atoms with Gasteiger partial charge in [-0.3, -0.25) is 0 Å². The van der Waals surface area contributed by atoms with E-state index in [0.29, 0.717) is 5.56 Å². The zero-order valence-corrected chi connectivity index (χ0v) is 11.5. The topological polar surface area (TPSA) is 64.2 Å². The number of benzene rings is 1. The molecule has 1 rings (SSSR count). The van der Waals surface area contributed by atoms with Gasteiger partial charge in [-0.15, -0.1) is 0 Å². The molecule has 3 nitrogen and oxygen atoms in total. The molecular weight excluding hydrogens is 230 g/mol. The highest BCUT2D eigenvalue weighted by Crippen LogP contribution is 2.18. The number of rotatable bonds is 4. The normalized spacial score (nSPS) is 15.1. The van der Waals surface area contributed by atoms with Gasteiger partial charge in [0.15, 0.2) is 0 Å². The molecule has 1 aromatic carbocycles. The smallest absolute Gasteiger partial charge is 0.106 e. The fraction of sp³-hybridized carbons (Fsp3) is 0.462. The van der Waals surface area contributed by atoms with Gasteiger partial charge < -0.3 is 10.2 Å². The van der Waals surface area contributed by atoms with Crippen molar-refractivity contribution in [2.75, 3.05) is 0 Å². The van der Waals surface area contributed by atoms with Crippen molar-refractivity contribution in [3.8, 4) is 6.07 Å². The van der Waals surface area contributed by atoms with Crippen molar-refractivity contribution < 1.29 is 10.2 Å². The molecule has 0 spiro atoms. The molecule has 0 saturated heterocycles. The van der Waals surface area contributed by atoms with Crippen LogP contribution in [0.5, 0.6) is 0 Å². The highest BCUT2D eigenvalue weighted by atomic mass is 28.3. The van der Waals surface area contributed by atoms with Crippen molar-refractivity contribution in [3.05, 3.63) is 29.8 Å². The number of hydrogen-bond donors (Lipinski definition) is 2. The number of nitrogens with zero attached hydrogens (tertiary/aromatic N) is 1. The lowest BCUT2D eigenvalue weighted by atomic mass is 10.0. The van der Waals surface area contributed by atoms with Crippen LogP contribution in [0.4, 0.5) is 0 Å². The summed E-state index contributed by atoms with van der Waals surface area (Å²) in [4.78, 5) is 0. The van der Waals surface area contributed by atoms with Crippen molar-refractivity contribution >= 4 is 13.3 Å². The molecule has 0 aliphatic heterocycles. The van der Waals surface area contributed by atoms with E-state index in [9.17, 15) is 10.2 Å². The average Bonchev–Trinajstić information content (AvgIpc) is 2.27. The summed E-state index contributed by atoms with van der Waals surface area (Å²) in [5.74, 6) is 0. The van der Waals surface area contributed by atoms with Gasteiger partial charge in [0.25, 0.3) is 0 Å². The molecule has 0 bridgehead atoms. The predicted octanol–water partition coefficient (Wildman–Crippen LogP) is 1.54. The molecule has 0 fully saturated rings. The van der Waals surface area contributed by atoms with Crippen LogP contribution in [-0.4, -0.2) is 24.4 Å². The zero-order chi connectivity index (χ0) is 13.1. The maximum absolute atomic E-state index is 9.92.